The molecule has 0 fully saturated rings. The molecule has 1 aliphatic rings. The fraction of sp³-hybridized carbons (Fsp3) is 0.261. The minimum absolute atomic E-state index is 0.276. The van der Waals surface area contributed by atoms with Crippen molar-refractivity contribution in [2.75, 3.05) is 6.54 Å². The predicted octanol–water partition coefficient (Wildman–Crippen LogP) is 3.80. The number of nitrogens with zero attached hydrogens (tertiary/aromatic N) is 1. The third-order valence-electron chi connectivity index (χ3n) is 5.06. The number of amides is 3. The normalized spacial score (nSPS) is 13.8. The van der Waals surface area contributed by atoms with Gasteiger partial charge >= 0.3 is 0 Å². The standard InChI is InChI=1S/C23H22N2O4/c1-23(2,3)25-21(27)17-9-8-14(12-18(17)22(25)28)20(26)24-11-10-15-13-29-19-7-5-4-6-16(15)19/h4-9,12-13H,10-11H2,1-3H3,(H,24,26). The van der Waals surface area contributed by atoms with Crippen LogP contribution in [0.4, 0.5) is 0 Å². The van der Waals surface area contributed by atoms with E-state index in [1.165, 1.54) is 11.0 Å². The number of para-hydroxylation sites is 1. The second-order valence-electron chi connectivity index (χ2n) is 8.14. The van der Waals surface area contributed by atoms with Gasteiger partial charge in [-0.1, -0.05) is 18.2 Å². The van der Waals surface area contributed by atoms with Gasteiger partial charge in [0, 0.05) is 23.0 Å². The van der Waals surface area contributed by atoms with Crippen molar-refractivity contribution in [2.45, 2.75) is 32.7 Å². The quantitative estimate of drug-likeness (QED) is 0.687. The SMILES string of the molecule is CC(C)(C)N1C(=O)c2ccc(C(=O)NCCc3coc4ccccc34)cc2C1=O. The highest BCUT2D eigenvalue weighted by molar-refractivity contribution is 6.22. The fourth-order valence-electron chi connectivity index (χ4n) is 3.63. The molecule has 148 valence electrons. The molecule has 2 aromatic carbocycles. The number of hydrogen-bond acceptors (Lipinski definition) is 4. The molecule has 3 amide bonds. The van der Waals surface area contributed by atoms with E-state index in [1.807, 2.05) is 45.0 Å². The first-order valence-electron chi connectivity index (χ1n) is 9.53. The number of fused-ring (bicyclic) bond motifs is 2. The molecule has 0 radical (unpaired) electrons. The number of rotatable bonds is 4. The molecule has 1 N–H and O–H groups in total. The van der Waals surface area contributed by atoms with E-state index in [2.05, 4.69) is 5.32 Å². The highest BCUT2D eigenvalue weighted by atomic mass is 16.3. The summed E-state index contributed by atoms with van der Waals surface area (Å²) in [5, 5.41) is 3.90. The summed E-state index contributed by atoms with van der Waals surface area (Å²) in [4.78, 5) is 39.0. The van der Waals surface area contributed by atoms with Crippen LogP contribution in [-0.4, -0.2) is 34.7 Å². The van der Waals surface area contributed by atoms with Gasteiger partial charge in [0.25, 0.3) is 17.7 Å². The Labute approximate surface area is 168 Å². The molecular weight excluding hydrogens is 368 g/mol. The lowest BCUT2D eigenvalue weighted by molar-refractivity contribution is 0.0507. The van der Waals surface area contributed by atoms with Gasteiger partial charge in [-0.05, 0) is 57.0 Å². The van der Waals surface area contributed by atoms with E-state index in [1.54, 1.807) is 18.4 Å². The van der Waals surface area contributed by atoms with Crippen molar-refractivity contribution in [3.05, 3.63) is 71.0 Å². The molecule has 0 saturated heterocycles. The molecule has 0 unspecified atom stereocenters. The number of benzene rings is 2. The van der Waals surface area contributed by atoms with E-state index < -0.39 is 5.54 Å². The zero-order valence-corrected chi connectivity index (χ0v) is 16.6. The molecule has 0 saturated carbocycles. The molecule has 1 aromatic heterocycles. The largest absolute Gasteiger partial charge is 0.464 e. The summed E-state index contributed by atoms with van der Waals surface area (Å²) < 4.78 is 5.51. The maximum Gasteiger partial charge on any atom is 0.262 e. The van der Waals surface area contributed by atoms with Crippen LogP contribution in [0.3, 0.4) is 0 Å². The Morgan fingerprint density at radius 1 is 1.03 bits per heavy atom. The smallest absolute Gasteiger partial charge is 0.262 e. The predicted molar refractivity (Wildman–Crippen MR) is 109 cm³/mol. The molecule has 0 atom stereocenters. The Kier molecular flexibility index (Phi) is 4.49. The molecule has 6 heteroatoms. The van der Waals surface area contributed by atoms with Crippen LogP contribution in [0.25, 0.3) is 11.0 Å². The average Bonchev–Trinajstić information content (AvgIpc) is 3.20. The van der Waals surface area contributed by atoms with Gasteiger partial charge < -0.3 is 9.73 Å². The topological polar surface area (TPSA) is 79.6 Å². The summed E-state index contributed by atoms with van der Waals surface area (Å²) in [6.45, 7) is 5.85. The van der Waals surface area contributed by atoms with E-state index in [-0.39, 0.29) is 23.3 Å². The van der Waals surface area contributed by atoms with Gasteiger partial charge in [-0.25, -0.2) is 0 Å². The Morgan fingerprint density at radius 3 is 2.52 bits per heavy atom. The van der Waals surface area contributed by atoms with Crippen molar-refractivity contribution in [3.8, 4) is 0 Å². The molecule has 3 aromatic rings. The highest BCUT2D eigenvalue weighted by Gasteiger charge is 2.42. The van der Waals surface area contributed by atoms with Gasteiger partial charge in [0.1, 0.15) is 5.58 Å². The lowest BCUT2D eigenvalue weighted by Gasteiger charge is -2.29. The fourth-order valence-corrected chi connectivity index (χ4v) is 3.63. The molecule has 0 spiro atoms. The second-order valence-corrected chi connectivity index (χ2v) is 8.14. The third kappa shape index (κ3) is 3.31. The molecular formula is C23H22N2O4. The highest BCUT2D eigenvalue weighted by Crippen LogP contribution is 2.29. The summed E-state index contributed by atoms with van der Waals surface area (Å²) in [6, 6.07) is 12.4. The zero-order valence-electron chi connectivity index (χ0n) is 16.6. The van der Waals surface area contributed by atoms with E-state index in [0.717, 1.165) is 16.5 Å². The van der Waals surface area contributed by atoms with Gasteiger partial charge in [-0.3, -0.25) is 19.3 Å². The molecule has 0 bridgehead atoms. The van der Waals surface area contributed by atoms with Crippen LogP contribution in [0.1, 0.15) is 57.4 Å². The van der Waals surface area contributed by atoms with Crippen molar-refractivity contribution < 1.29 is 18.8 Å². The molecule has 0 aliphatic carbocycles. The number of nitrogens with one attached hydrogen (secondary N) is 1. The zero-order chi connectivity index (χ0) is 20.8. The Morgan fingerprint density at radius 2 is 1.76 bits per heavy atom. The van der Waals surface area contributed by atoms with Gasteiger partial charge in [-0.2, -0.15) is 0 Å². The summed E-state index contributed by atoms with van der Waals surface area (Å²) in [5.74, 6) is -0.969. The number of hydrogen-bond donors (Lipinski definition) is 1. The molecule has 1 aliphatic heterocycles. The molecule has 2 heterocycles. The van der Waals surface area contributed by atoms with Gasteiger partial charge in [-0.15, -0.1) is 0 Å². The number of carbonyl (C=O) groups excluding carboxylic acids is 3. The van der Waals surface area contributed by atoms with Crippen molar-refractivity contribution in [1.29, 1.82) is 0 Å². The number of carbonyl (C=O) groups is 3. The van der Waals surface area contributed by atoms with E-state index >= 15 is 0 Å². The molecule has 6 nitrogen and oxygen atoms in total. The first kappa shape index (κ1) is 18.9. The van der Waals surface area contributed by atoms with Crippen LogP contribution >= 0.6 is 0 Å². The summed E-state index contributed by atoms with van der Waals surface area (Å²) in [7, 11) is 0. The van der Waals surface area contributed by atoms with Crippen LogP contribution in [-0.2, 0) is 6.42 Å². The Hall–Kier alpha value is -3.41. The first-order valence-corrected chi connectivity index (χ1v) is 9.53. The molecule has 4 rings (SSSR count). The van der Waals surface area contributed by atoms with Crippen molar-refractivity contribution in [1.82, 2.24) is 10.2 Å². The van der Waals surface area contributed by atoms with Crippen molar-refractivity contribution >= 4 is 28.7 Å². The monoisotopic (exact) mass is 390 g/mol. The second kappa shape index (κ2) is 6.88. The van der Waals surface area contributed by atoms with Crippen LogP contribution < -0.4 is 5.32 Å². The summed E-state index contributed by atoms with van der Waals surface area (Å²) in [5.41, 5.74) is 2.20. The number of imide groups is 1. The van der Waals surface area contributed by atoms with E-state index in [4.69, 9.17) is 4.42 Å². The maximum atomic E-state index is 12.7. The van der Waals surface area contributed by atoms with Gasteiger partial charge in [0.15, 0.2) is 0 Å². The number of furan rings is 1. The minimum Gasteiger partial charge on any atom is -0.464 e. The maximum absolute atomic E-state index is 12.7. The van der Waals surface area contributed by atoms with E-state index in [0.29, 0.717) is 24.1 Å². The summed E-state index contributed by atoms with van der Waals surface area (Å²) in [6.07, 6.45) is 2.33. The lowest BCUT2D eigenvalue weighted by atomic mass is 10.1. The van der Waals surface area contributed by atoms with Crippen LogP contribution in [0.5, 0.6) is 0 Å². The molecule has 29 heavy (non-hydrogen) atoms. The Bertz CT molecular complexity index is 1140. The van der Waals surface area contributed by atoms with Crippen LogP contribution in [0, 0.1) is 0 Å². The third-order valence-corrected chi connectivity index (χ3v) is 5.06. The lowest BCUT2D eigenvalue weighted by Crippen LogP contribution is -2.45. The van der Waals surface area contributed by atoms with Crippen LogP contribution in [0.15, 0.2) is 53.1 Å². The average molecular weight is 390 g/mol. The first-order chi connectivity index (χ1) is 13.8. The Balaban J connectivity index is 1.46. The van der Waals surface area contributed by atoms with Crippen molar-refractivity contribution in [3.63, 3.8) is 0 Å². The van der Waals surface area contributed by atoms with Gasteiger partial charge in [0.05, 0.1) is 17.4 Å². The van der Waals surface area contributed by atoms with Crippen molar-refractivity contribution in [2.24, 2.45) is 0 Å². The summed E-state index contributed by atoms with van der Waals surface area (Å²) >= 11 is 0. The van der Waals surface area contributed by atoms with E-state index in [9.17, 15) is 14.4 Å². The van der Waals surface area contributed by atoms with Crippen LogP contribution in [0.2, 0.25) is 0 Å². The van der Waals surface area contributed by atoms with Gasteiger partial charge in [0.2, 0.25) is 0 Å². The minimum atomic E-state index is -0.622.